The molecule has 3 N–H and O–H groups in total. The summed E-state index contributed by atoms with van der Waals surface area (Å²) in [7, 11) is -4.18. The fourth-order valence-electron chi connectivity index (χ4n) is 1.34. The van der Waals surface area contributed by atoms with Crippen LogP contribution in [0.3, 0.4) is 0 Å². The third kappa shape index (κ3) is 5.53. The largest absolute Gasteiger partial charge is 0.316 e. The number of hydrogen-bond donors (Lipinski definition) is 3. The number of hydrogen-bond acceptors (Lipinski definition) is 5. The molecule has 0 aliphatic rings. The maximum absolute atomic E-state index is 12.0. The number of likely N-dealkylation sites (N-methyl/N-ethyl adjacent to an activating group) is 1. The Morgan fingerprint density at radius 2 is 1.38 bits per heavy atom. The molecule has 1 aromatic carbocycles. The highest BCUT2D eigenvalue weighted by Crippen LogP contribution is 2.13. The zero-order valence-corrected chi connectivity index (χ0v) is 14.4. The van der Waals surface area contributed by atoms with Gasteiger partial charge >= 0.3 is 0 Å². The van der Waals surface area contributed by atoms with Gasteiger partial charge < -0.3 is 5.32 Å². The first-order valence-electron chi connectivity index (χ1n) is 5.93. The van der Waals surface area contributed by atoms with Gasteiger partial charge in [-0.05, 0) is 45.3 Å². The van der Waals surface area contributed by atoms with Crippen molar-refractivity contribution in [2.75, 3.05) is 20.6 Å². The van der Waals surface area contributed by atoms with Gasteiger partial charge in [-0.25, -0.2) is 26.3 Å². The van der Waals surface area contributed by atoms with Crippen molar-refractivity contribution in [1.29, 1.82) is 0 Å². The Hall–Kier alpha value is -0.710. The van der Waals surface area contributed by atoms with E-state index >= 15 is 0 Å². The predicted octanol–water partition coefficient (Wildman–Crippen LogP) is -0.0973. The quantitative estimate of drug-likeness (QED) is 0.632. The molecule has 122 valence electrons. The van der Waals surface area contributed by atoms with Crippen LogP contribution in [0.1, 0.15) is 6.92 Å². The van der Waals surface area contributed by atoms with Gasteiger partial charge in [-0.2, -0.15) is 0 Å². The number of halogens is 1. The van der Waals surface area contributed by atoms with Gasteiger partial charge in [0, 0.05) is 12.6 Å². The van der Waals surface area contributed by atoms with Crippen LogP contribution in [0.5, 0.6) is 0 Å². The summed E-state index contributed by atoms with van der Waals surface area (Å²) >= 11 is 0. The second-order valence-corrected chi connectivity index (χ2v) is 7.87. The summed E-state index contributed by atoms with van der Waals surface area (Å²) in [5.41, 5.74) is 0. The van der Waals surface area contributed by atoms with E-state index in [4.69, 9.17) is 0 Å². The SMILES string of the molecule is CNC(C)CNS(=O)(=O)c1ccc(S(=O)(=O)NC)cc1.Cl. The number of benzene rings is 1. The Morgan fingerprint density at radius 3 is 1.76 bits per heavy atom. The fraction of sp³-hybridized carbons (Fsp3) is 0.455. The number of nitrogens with one attached hydrogen (secondary N) is 3. The van der Waals surface area contributed by atoms with Crippen LogP contribution < -0.4 is 14.8 Å². The lowest BCUT2D eigenvalue weighted by atomic mass is 10.4. The second kappa shape index (κ2) is 8.06. The molecule has 0 spiro atoms. The van der Waals surface area contributed by atoms with Crippen molar-refractivity contribution in [3.05, 3.63) is 24.3 Å². The van der Waals surface area contributed by atoms with Gasteiger partial charge in [0.15, 0.2) is 0 Å². The summed E-state index contributed by atoms with van der Waals surface area (Å²) in [6, 6.07) is 5.02. The molecule has 0 saturated carbocycles. The Bertz CT molecular complexity index is 645. The van der Waals surface area contributed by atoms with Gasteiger partial charge in [-0.1, -0.05) is 0 Å². The molecule has 1 rings (SSSR count). The minimum absolute atomic E-state index is 0. The van der Waals surface area contributed by atoms with Crippen LogP contribution in [0.15, 0.2) is 34.1 Å². The van der Waals surface area contributed by atoms with Crippen LogP contribution in [-0.4, -0.2) is 43.5 Å². The van der Waals surface area contributed by atoms with E-state index in [-0.39, 0.29) is 34.8 Å². The average Bonchev–Trinajstić information content (AvgIpc) is 2.45. The topological polar surface area (TPSA) is 104 Å². The van der Waals surface area contributed by atoms with Gasteiger partial charge in [0.2, 0.25) is 20.0 Å². The second-order valence-electron chi connectivity index (χ2n) is 4.22. The molecule has 7 nitrogen and oxygen atoms in total. The summed E-state index contributed by atoms with van der Waals surface area (Å²) in [5.74, 6) is 0. The van der Waals surface area contributed by atoms with E-state index in [1.54, 1.807) is 7.05 Å². The third-order valence-corrected chi connectivity index (χ3v) is 5.66. The Labute approximate surface area is 132 Å². The highest BCUT2D eigenvalue weighted by Gasteiger charge is 2.17. The van der Waals surface area contributed by atoms with Gasteiger partial charge in [-0.3, -0.25) is 0 Å². The molecule has 0 aromatic heterocycles. The van der Waals surface area contributed by atoms with Crippen LogP contribution >= 0.6 is 12.4 Å². The molecule has 1 aromatic rings. The molecule has 0 aliphatic carbocycles. The van der Waals surface area contributed by atoms with Crippen LogP contribution in [-0.2, 0) is 20.0 Å². The lowest BCUT2D eigenvalue weighted by Gasteiger charge is -2.12. The van der Waals surface area contributed by atoms with Crippen molar-refractivity contribution in [3.8, 4) is 0 Å². The maximum atomic E-state index is 12.0. The van der Waals surface area contributed by atoms with Crippen molar-refractivity contribution in [2.24, 2.45) is 0 Å². The summed E-state index contributed by atoms with van der Waals surface area (Å²) in [4.78, 5) is 0.0402. The number of sulfonamides is 2. The van der Waals surface area contributed by atoms with Crippen molar-refractivity contribution in [2.45, 2.75) is 22.8 Å². The van der Waals surface area contributed by atoms with Crippen LogP contribution in [0, 0.1) is 0 Å². The van der Waals surface area contributed by atoms with Crippen molar-refractivity contribution in [1.82, 2.24) is 14.8 Å². The molecule has 0 saturated heterocycles. The molecule has 0 bridgehead atoms. The maximum Gasteiger partial charge on any atom is 0.240 e. The Morgan fingerprint density at radius 1 is 0.952 bits per heavy atom. The monoisotopic (exact) mass is 357 g/mol. The average molecular weight is 358 g/mol. The van der Waals surface area contributed by atoms with Crippen molar-refractivity contribution in [3.63, 3.8) is 0 Å². The molecule has 0 heterocycles. The van der Waals surface area contributed by atoms with Gasteiger partial charge in [0.1, 0.15) is 0 Å². The Balaban J connectivity index is 0.00000400. The first-order valence-corrected chi connectivity index (χ1v) is 8.90. The number of rotatable bonds is 7. The molecule has 0 amide bonds. The molecular formula is C11H20ClN3O4S2. The van der Waals surface area contributed by atoms with E-state index in [9.17, 15) is 16.8 Å². The minimum Gasteiger partial charge on any atom is -0.316 e. The predicted molar refractivity (Wildman–Crippen MR) is 83.6 cm³/mol. The van der Waals surface area contributed by atoms with Crippen LogP contribution in [0.25, 0.3) is 0 Å². The van der Waals surface area contributed by atoms with E-state index < -0.39 is 20.0 Å². The van der Waals surface area contributed by atoms with E-state index in [2.05, 4.69) is 14.8 Å². The molecule has 0 aliphatic heterocycles. The Kier molecular flexibility index (Phi) is 7.79. The summed E-state index contributed by atoms with van der Waals surface area (Å²) < 4.78 is 51.6. The van der Waals surface area contributed by atoms with Gasteiger partial charge in [0.05, 0.1) is 9.79 Å². The fourth-order valence-corrected chi connectivity index (χ4v) is 3.20. The summed E-state index contributed by atoms with van der Waals surface area (Å²) in [6.07, 6.45) is 0. The molecule has 0 fully saturated rings. The standard InChI is InChI=1S/C11H19N3O4S2.ClH/c1-9(12-2)8-14-20(17,18)11-6-4-10(5-7-11)19(15,16)13-3;/h4-7,9,12-14H,8H2,1-3H3;1H. The molecule has 1 atom stereocenters. The minimum atomic E-state index is -3.64. The normalized spacial score (nSPS) is 13.5. The molecular weight excluding hydrogens is 338 g/mol. The van der Waals surface area contributed by atoms with Crippen LogP contribution in [0.4, 0.5) is 0 Å². The molecule has 21 heavy (non-hydrogen) atoms. The third-order valence-electron chi connectivity index (χ3n) is 2.79. The van der Waals surface area contributed by atoms with E-state index in [0.717, 1.165) is 0 Å². The summed E-state index contributed by atoms with van der Waals surface area (Å²) in [5, 5.41) is 2.91. The van der Waals surface area contributed by atoms with Gasteiger partial charge in [0.25, 0.3) is 0 Å². The summed E-state index contributed by atoms with van der Waals surface area (Å²) in [6.45, 7) is 2.08. The molecule has 1 unspecified atom stereocenters. The lowest BCUT2D eigenvalue weighted by molar-refractivity contribution is 0.554. The van der Waals surface area contributed by atoms with E-state index in [1.807, 2.05) is 6.92 Å². The zero-order chi connectivity index (χ0) is 15.4. The molecule has 0 radical (unpaired) electrons. The van der Waals surface area contributed by atoms with Crippen molar-refractivity contribution < 1.29 is 16.8 Å². The van der Waals surface area contributed by atoms with E-state index in [1.165, 1.54) is 31.3 Å². The lowest BCUT2D eigenvalue weighted by Crippen LogP contribution is -2.37. The molecule has 10 heteroatoms. The zero-order valence-electron chi connectivity index (χ0n) is 12.0. The smallest absolute Gasteiger partial charge is 0.240 e. The van der Waals surface area contributed by atoms with E-state index in [0.29, 0.717) is 0 Å². The van der Waals surface area contributed by atoms with Crippen molar-refractivity contribution >= 4 is 32.5 Å². The van der Waals surface area contributed by atoms with Crippen LogP contribution in [0.2, 0.25) is 0 Å². The highest BCUT2D eigenvalue weighted by molar-refractivity contribution is 7.90. The highest BCUT2D eigenvalue weighted by atomic mass is 35.5. The first kappa shape index (κ1) is 20.3. The first-order chi connectivity index (χ1) is 9.23. The van der Waals surface area contributed by atoms with Gasteiger partial charge in [-0.15, -0.1) is 12.4 Å².